The van der Waals surface area contributed by atoms with Gasteiger partial charge in [-0.05, 0) is 70.1 Å². The molecule has 2 unspecified atom stereocenters. The molecule has 0 N–H and O–H groups in total. The van der Waals surface area contributed by atoms with Gasteiger partial charge in [-0.1, -0.05) is 115 Å². The van der Waals surface area contributed by atoms with Crippen molar-refractivity contribution < 1.29 is 0 Å². The number of para-hydroxylation sites is 3. The molecule has 206 valence electrons. The number of hydrogen-bond acceptors (Lipinski definition) is 1. The van der Waals surface area contributed by atoms with Crippen LogP contribution in [-0.4, -0.2) is 4.57 Å². The summed E-state index contributed by atoms with van der Waals surface area (Å²) >= 11 is 0. The van der Waals surface area contributed by atoms with Gasteiger partial charge in [-0.2, -0.15) is 0 Å². The van der Waals surface area contributed by atoms with Gasteiger partial charge >= 0.3 is 0 Å². The molecule has 2 nitrogen and oxygen atoms in total. The van der Waals surface area contributed by atoms with E-state index in [9.17, 15) is 0 Å². The highest BCUT2D eigenvalue weighted by atomic mass is 15.2. The minimum atomic E-state index is 0.182. The Hall–Kier alpha value is -5.60. The first-order valence-corrected chi connectivity index (χ1v) is 15.4. The highest BCUT2D eigenvalue weighted by Gasteiger charge is 2.47. The summed E-state index contributed by atoms with van der Waals surface area (Å²) in [5, 5.41) is 3.86. The second kappa shape index (κ2) is 8.95. The number of anilines is 2. The predicted molar refractivity (Wildman–Crippen MR) is 183 cm³/mol. The molecular weight excluding hydrogens is 532 g/mol. The van der Waals surface area contributed by atoms with Crippen LogP contribution in [0.15, 0.2) is 151 Å². The third-order valence-electron chi connectivity index (χ3n) is 9.91. The van der Waals surface area contributed by atoms with E-state index < -0.39 is 0 Å². The topological polar surface area (TPSA) is 8.17 Å². The van der Waals surface area contributed by atoms with Crippen LogP contribution < -0.4 is 4.90 Å². The molecule has 2 aliphatic carbocycles. The molecule has 10 rings (SSSR count). The van der Waals surface area contributed by atoms with Crippen LogP contribution in [0.25, 0.3) is 45.1 Å². The van der Waals surface area contributed by atoms with E-state index >= 15 is 0 Å². The lowest BCUT2D eigenvalue weighted by molar-refractivity contribution is 0.635. The largest absolute Gasteiger partial charge is 0.312 e. The summed E-state index contributed by atoms with van der Waals surface area (Å²) in [5.74, 6) is 0.364. The summed E-state index contributed by atoms with van der Waals surface area (Å²) in [6.45, 7) is 0. The van der Waals surface area contributed by atoms with Gasteiger partial charge in [0.1, 0.15) is 0 Å². The van der Waals surface area contributed by atoms with Gasteiger partial charge < -0.3 is 9.47 Å². The third-order valence-corrected chi connectivity index (χ3v) is 9.91. The molecule has 2 atom stereocenters. The van der Waals surface area contributed by atoms with Gasteiger partial charge in [0.15, 0.2) is 0 Å². The zero-order chi connectivity index (χ0) is 28.8. The van der Waals surface area contributed by atoms with Crippen molar-refractivity contribution in [1.82, 2.24) is 4.57 Å². The molecular formula is C42H28N2. The smallest absolute Gasteiger partial charge is 0.0537 e. The number of hydrogen-bond donors (Lipinski definition) is 0. The fourth-order valence-corrected chi connectivity index (χ4v) is 8.20. The normalized spacial score (nSPS) is 17.8. The third kappa shape index (κ3) is 3.15. The molecule has 0 fully saturated rings. The van der Waals surface area contributed by atoms with Crippen molar-refractivity contribution in [3.8, 4) is 5.69 Å². The molecule has 2 heteroatoms. The lowest BCUT2D eigenvalue weighted by Gasteiger charge is -2.48. The molecule has 0 spiro atoms. The predicted octanol–water partition coefficient (Wildman–Crippen LogP) is 10.6. The highest BCUT2D eigenvalue weighted by molar-refractivity contribution is 6.07. The lowest BCUT2D eigenvalue weighted by atomic mass is 9.64. The van der Waals surface area contributed by atoms with E-state index in [1.807, 2.05) is 0 Å². The first kappa shape index (κ1) is 23.9. The number of allylic oxidation sites excluding steroid dienone is 1. The average molecular weight is 561 g/mol. The van der Waals surface area contributed by atoms with E-state index in [0.717, 1.165) is 0 Å². The molecule has 0 radical (unpaired) electrons. The van der Waals surface area contributed by atoms with E-state index in [4.69, 9.17) is 0 Å². The Balaban J connectivity index is 1.35. The Labute approximate surface area is 256 Å². The van der Waals surface area contributed by atoms with E-state index in [-0.39, 0.29) is 11.8 Å². The van der Waals surface area contributed by atoms with Gasteiger partial charge in [-0.3, -0.25) is 0 Å². The molecule has 1 aliphatic heterocycles. The fraction of sp³-hybridized carbons (Fsp3) is 0.0476. The summed E-state index contributed by atoms with van der Waals surface area (Å²) in [4.78, 5) is 2.56. The summed E-state index contributed by atoms with van der Waals surface area (Å²) in [5.41, 5.74) is 14.4. The first-order valence-electron chi connectivity index (χ1n) is 15.4. The van der Waals surface area contributed by atoms with Gasteiger partial charge in [0, 0.05) is 39.6 Å². The van der Waals surface area contributed by atoms with E-state index in [2.05, 4.69) is 167 Å². The van der Waals surface area contributed by atoms with Crippen molar-refractivity contribution in [2.45, 2.75) is 5.92 Å². The van der Waals surface area contributed by atoms with Crippen LogP contribution >= 0.6 is 0 Å². The number of aromatic nitrogens is 1. The van der Waals surface area contributed by atoms with Crippen LogP contribution in [-0.2, 0) is 0 Å². The molecule has 3 aliphatic rings. The van der Waals surface area contributed by atoms with Crippen molar-refractivity contribution >= 4 is 50.8 Å². The lowest BCUT2D eigenvalue weighted by Crippen LogP contribution is -2.36. The van der Waals surface area contributed by atoms with Gasteiger partial charge in [0.05, 0.1) is 22.6 Å². The molecule has 6 aromatic carbocycles. The number of nitrogens with zero attached hydrogens (tertiary/aromatic N) is 2. The van der Waals surface area contributed by atoms with Gasteiger partial charge in [0.25, 0.3) is 0 Å². The Bertz CT molecular complexity index is 2350. The number of fused-ring (bicyclic) bond motifs is 9. The maximum absolute atomic E-state index is 2.56. The van der Waals surface area contributed by atoms with Crippen molar-refractivity contribution in [1.29, 1.82) is 0 Å². The van der Waals surface area contributed by atoms with E-state index in [1.54, 1.807) is 0 Å². The minimum absolute atomic E-state index is 0.182. The molecule has 44 heavy (non-hydrogen) atoms. The van der Waals surface area contributed by atoms with Crippen LogP contribution in [0.4, 0.5) is 11.4 Å². The Morgan fingerprint density at radius 1 is 0.500 bits per heavy atom. The first-order chi connectivity index (χ1) is 21.9. The molecule has 2 heterocycles. The number of benzene rings is 6. The Morgan fingerprint density at radius 3 is 2.14 bits per heavy atom. The zero-order valence-electron chi connectivity index (χ0n) is 24.1. The van der Waals surface area contributed by atoms with Crippen LogP contribution in [0.1, 0.15) is 33.9 Å². The molecule has 0 bridgehead atoms. The number of rotatable bonds is 2. The summed E-state index contributed by atoms with van der Waals surface area (Å²) in [6, 6.07) is 53.4. The van der Waals surface area contributed by atoms with Crippen LogP contribution in [0.2, 0.25) is 0 Å². The zero-order valence-corrected chi connectivity index (χ0v) is 24.1. The molecule has 1 aromatic heterocycles. The van der Waals surface area contributed by atoms with Crippen molar-refractivity contribution in [2.24, 2.45) is 5.92 Å². The second-order valence-corrected chi connectivity index (χ2v) is 12.1. The van der Waals surface area contributed by atoms with Gasteiger partial charge in [-0.25, -0.2) is 0 Å². The quantitative estimate of drug-likeness (QED) is 0.204. The highest BCUT2D eigenvalue weighted by Crippen LogP contribution is 2.61. The Morgan fingerprint density at radius 2 is 1.20 bits per heavy atom. The maximum Gasteiger partial charge on any atom is 0.0537 e. The summed E-state index contributed by atoms with van der Waals surface area (Å²) in [7, 11) is 0. The molecule has 0 saturated carbocycles. The summed E-state index contributed by atoms with van der Waals surface area (Å²) in [6.07, 6.45) is 4.97. The van der Waals surface area contributed by atoms with Crippen LogP contribution in [0, 0.1) is 5.92 Å². The summed E-state index contributed by atoms with van der Waals surface area (Å²) < 4.78 is 2.48. The Kier molecular flexibility index (Phi) is 4.86. The van der Waals surface area contributed by atoms with Gasteiger partial charge in [-0.15, -0.1) is 0 Å². The SMILES string of the molecule is C1=C2c3ccccc3N(c3cccc4ccccc34)C3=Cc4ccccc4C(c4c1n(-c1ccccc1)c1ccccc41)C23. The second-order valence-electron chi connectivity index (χ2n) is 12.1. The minimum Gasteiger partial charge on any atom is -0.312 e. The van der Waals surface area contributed by atoms with Crippen molar-refractivity contribution in [3.05, 3.63) is 179 Å². The monoisotopic (exact) mass is 560 g/mol. The molecule has 7 aromatic rings. The van der Waals surface area contributed by atoms with E-state index in [1.165, 1.54) is 78.0 Å². The fourth-order valence-electron chi connectivity index (χ4n) is 8.20. The van der Waals surface area contributed by atoms with E-state index in [0.29, 0.717) is 0 Å². The van der Waals surface area contributed by atoms with Crippen LogP contribution in [0.3, 0.4) is 0 Å². The standard InChI is InChI=1S/C42H28N2/c1-2-16-29(17-3-1)43-37-23-11-9-21-33(37)40-39(43)26-34-32-20-8-10-22-36(32)44(35-24-12-15-27-13-4-6-18-30(27)35)38-25-28-14-5-7-19-31(28)42(40)41(34)38/h1-26,41-42H. The van der Waals surface area contributed by atoms with Crippen molar-refractivity contribution in [2.75, 3.05) is 4.90 Å². The molecule has 0 saturated heterocycles. The van der Waals surface area contributed by atoms with Gasteiger partial charge in [0.2, 0.25) is 0 Å². The average Bonchev–Trinajstić information content (AvgIpc) is 3.42. The van der Waals surface area contributed by atoms with Crippen LogP contribution in [0.5, 0.6) is 0 Å². The molecule has 0 amide bonds. The maximum atomic E-state index is 2.56. The van der Waals surface area contributed by atoms with Crippen molar-refractivity contribution in [3.63, 3.8) is 0 Å².